The normalized spacial score (nSPS) is 18.4. The van der Waals surface area contributed by atoms with E-state index in [9.17, 15) is 9.59 Å². The summed E-state index contributed by atoms with van der Waals surface area (Å²) >= 11 is 5.81. The first-order valence-electron chi connectivity index (χ1n) is 7.26. The zero-order valence-corrected chi connectivity index (χ0v) is 13.2. The Kier molecular flexibility index (Phi) is 5.23. The maximum absolute atomic E-state index is 11.9. The van der Waals surface area contributed by atoms with Crippen molar-refractivity contribution in [2.45, 2.75) is 32.7 Å². The Balaban J connectivity index is 1.77. The highest BCUT2D eigenvalue weighted by molar-refractivity contribution is 6.30. The minimum absolute atomic E-state index is 0.0206. The second-order valence-electron chi connectivity index (χ2n) is 5.82. The van der Waals surface area contributed by atoms with E-state index in [0.717, 1.165) is 12.1 Å². The van der Waals surface area contributed by atoms with Gasteiger partial charge in [0.2, 0.25) is 11.8 Å². The summed E-state index contributed by atoms with van der Waals surface area (Å²) in [7, 11) is 0. The van der Waals surface area contributed by atoms with Crippen molar-refractivity contribution in [3.05, 3.63) is 34.9 Å². The third-order valence-corrected chi connectivity index (χ3v) is 3.98. The lowest BCUT2D eigenvalue weighted by Gasteiger charge is -2.21. The second kappa shape index (κ2) is 6.94. The van der Waals surface area contributed by atoms with Crippen molar-refractivity contribution in [3.8, 4) is 0 Å². The molecule has 1 aromatic rings. The van der Waals surface area contributed by atoms with Gasteiger partial charge in [0.15, 0.2) is 0 Å². The number of likely N-dealkylation sites (tertiary alicyclic amines) is 1. The Labute approximate surface area is 130 Å². The summed E-state index contributed by atoms with van der Waals surface area (Å²) in [5, 5.41) is 3.58. The zero-order valence-electron chi connectivity index (χ0n) is 12.4. The molecule has 0 radical (unpaired) electrons. The molecule has 21 heavy (non-hydrogen) atoms. The van der Waals surface area contributed by atoms with Crippen LogP contribution in [-0.2, 0) is 16.0 Å². The molecule has 1 fully saturated rings. The quantitative estimate of drug-likeness (QED) is 0.907. The van der Waals surface area contributed by atoms with Crippen LogP contribution in [0.1, 0.15) is 25.8 Å². The highest BCUT2D eigenvalue weighted by Crippen LogP contribution is 2.19. The summed E-state index contributed by atoms with van der Waals surface area (Å²) in [5.74, 6) is 0.379. The van der Waals surface area contributed by atoms with Crippen LogP contribution < -0.4 is 5.32 Å². The largest absolute Gasteiger partial charge is 0.355 e. The number of halogens is 1. The number of carbonyl (C=O) groups is 2. The van der Waals surface area contributed by atoms with Crippen LogP contribution in [0, 0.1) is 5.92 Å². The van der Waals surface area contributed by atoms with Gasteiger partial charge in [-0.1, -0.05) is 23.7 Å². The average molecular weight is 309 g/mol. The van der Waals surface area contributed by atoms with Gasteiger partial charge in [-0.2, -0.15) is 0 Å². The minimum Gasteiger partial charge on any atom is -0.355 e. The first kappa shape index (κ1) is 15.8. The van der Waals surface area contributed by atoms with Gasteiger partial charge in [-0.3, -0.25) is 9.59 Å². The summed E-state index contributed by atoms with van der Waals surface area (Å²) in [6, 6.07) is 7.48. The molecule has 1 aliphatic heterocycles. The first-order valence-corrected chi connectivity index (χ1v) is 7.64. The molecule has 4 nitrogen and oxygen atoms in total. The van der Waals surface area contributed by atoms with Crippen molar-refractivity contribution in [3.63, 3.8) is 0 Å². The van der Waals surface area contributed by atoms with Crippen molar-refractivity contribution in [1.29, 1.82) is 0 Å². The van der Waals surface area contributed by atoms with E-state index >= 15 is 0 Å². The van der Waals surface area contributed by atoms with Crippen molar-refractivity contribution in [2.24, 2.45) is 5.92 Å². The Morgan fingerprint density at radius 3 is 2.62 bits per heavy atom. The minimum atomic E-state index is -0.0206. The standard InChI is InChI=1S/C16H21ClN2O2/c1-11(2)19-10-13(8-16(19)21)9-18-15(20)7-12-3-5-14(17)6-4-12/h3-6,11,13H,7-10H2,1-2H3,(H,18,20). The fraction of sp³-hybridized carbons (Fsp3) is 0.500. The van der Waals surface area contributed by atoms with Crippen molar-refractivity contribution in [2.75, 3.05) is 13.1 Å². The summed E-state index contributed by atoms with van der Waals surface area (Å²) in [5.41, 5.74) is 0.934. The molecular weight excluding hydrogens is 288 g/mol. The predicted octanol–water partition coefficient (Wildman–Crippen LogP) is 2.26. The number of nitrogens with one attached hydrogen (secondary N) is 1. The predicted molar refractivity (Wildman–Crippen MR) is 83.1 cm³/mol. The summed E-state index contributed by atoms with van der Waals surface area (Å²) in [4.78, 5) is 25.6. The van der Waals surface area contributed by atoms with E-state index in [1.165, 1.54) is 0 Å². The average Bonchev–Trinajstić information content (AvgIpc) is 2.81. The third-order valence-electron chi connectivity index (χ3n) is 3.73. The molecule has 2 rings (SSSR count). The molecule has 114 valence electrons. The van der Waals surface area contributed by atoms with Gasteiger partial charge in [0.25, 0.3) is 0 Å². The maximum atomic E-state index is 11.9. The van der Waals surface area contributed by atoms with Crippen LogP contribution in [0.25, 0.3) is 0 Å². The van der Waals surface area contributed by atoms with E-state index in [0.29, 0.717) is 24.4 Å². The van der Waals surface area contributed by atoms with Gasteiger partial charge in [0.1, 0.15) is 0 Å². The molecule has 1 heterocycles. The second-order valence-corrected chi connectivity index (χ2v) is 6.25. The number of benzene rings is 1. The molecule has 0 aliphatic carbocycles. The van der Waals surface area contributed by atoms with Crippen LogP contribution in [0.3, 0.4) is 0 Å². The molecule has 1 N–H and O–H groups in total. The molecule has 0 aromatic heterocycles. The number of rotatable bonds is 5. The van der Waals surface area contributed by atoms with Crippen LogP contribution in [-0.4, -0.2) is 35.8 Å². The molecule has 1 saturated heterocycles. The number of hydrogen-bond donors (Lipinski definition) is 1. The zero-order chi connectivity index (χ0) is 15.4. The summed E-state index contributed by atoms with van der Waals surface area (Å²) in [6.45, 7) is 5.32. The molecule has 5 heteroatoms. The van der Waals surface area contributed by atoms with Crippen molar-refractivity contribution < 1.29 is 9.59 Å². The van der Waals surface area contributed by atoms with Gasteiger partial charge in [0.05, 0.1) is 6.42 Å². The molecule has 1 atom stereocenters. The SMILES string of the molecule is CC(C)N1CC(CNC(=O)Cc2ccc(Cl)cc2)CC1=O. The first-order chi connectivity index (χ1) is 9.95. The summed E-state index contributed by atoms with van der Waals surface area (Å²) in [6.07, 6.45) is 0.866. The number of carbonyl (C=O) groups excluding carboxylic acids is 2. The lowest BCUT2D eigenvalue weighted by atomic mass is 10.1. The number of amides is 2. The van der Waals surface area contributed by atoms with Crippen molar-refractivity contribution >= 4 is 23.4 Å². The molecule has 2 amide bonds. The Hall–Kier alpha value is -1.55. The van der Waals surface area contributed by atoms with E-state index in [1.54, 1.807) is 12.1 Å². The van der Waals surface area contributed by atoms with E-state index in [-0.39, 0.29) is 23.8 Å². The topological polar surface area (TPSA) is 49.4 Å². The van der Waals surface area contributed by atoms with Crippen molar-refractivity contribution in [1.82, 2.24) is 10.2 Å². The Morgan fingerprint density at radius 1 is 1.38 bits per heavy atom. The van der Waals surface area contributed by atoms with Gasteiger partial charge in [-0.15, -0.1) is 0 Å². The molecule has 1 unspecified atom stereocenters. The lowest BCUT2D eigenvalue weighted by molar-refractivity contribution is -0.129. The molecule has 0 saturated carbocycles. The molecular formula is C16H21ClN2O2. The van der Waals surface area contributed by atoms with Crippen LogP contribution in [0.4, 0.5) is 0 Å². The fourth-order valence-corrected chi connectivity index (χ4v) is 2.68. The van der Waals surface area contributed by atoms with Crippen LogP contribution in [0.15, 0.2) is 24.3 Å². The highest BCUT2D eigenvalue weighted by Gasteiger charge is 2.30. The molecule has 0 bridgehead atoms. The number of nitrogens with zero attached hydrogens (tertiary/aromatic N) is 1. The maximum Gasteiger partial charge on any atom is 0.224 e. The Bertz CT molecular complexity index is 514. The fourth-order valence-electron chi connectivity index (χ4n) is 2.55. The molecule has 0 spiro atoms. The van der Waals surface area contributed by atoms with Gasteiger partial charge in [0, 0.05) is 36.5 Å². The van der Waals surface area contributed by atoms with Crippen LogP contribution >= 0.6 is 11.6 Å². The van der Waals surface area contributed by atoms with E-state index in [4.69, 9.17) is 11.6 Å². The molecule has 1 aromatic carbocycles. The highest BCUT2D eigenvalue weighted by atomic mass is 35.5. The van der Waals surface area contributed by atoms with E-state index in [2.05, 4.69) is 5.32 Å². The lowest BCUT2D eigenvalue weighted by Crippen LogP contribution is -2.34. The van der Waals surface area contributed by atoms with Crippen LogP contribution in [0.2, 0.25) is 5.02 Å². The molecule has 1 aliphatic rings. The third kappa shape index (κ3) is 4.46. The van der Waals surface area contributed by atoms with E-state index in [1.807, 2.05) is 30.9 Å². The Morgan fingerprint density at radius 2 is 2.05 bits per heavy atom. The van der Waals surface area contributed by atoms with Gasteiger partial charge >= 0.3 is 0 Å². The monoisotopic (exact) mass is 308 g/mol. The van der Waals surface area contributed by atoms with Gasteiger partial charge < -0.3 is 10.2 Å². The van der Waals surface area contributed by atoms with Gasteiger partial charge in [-0.25, -0.2) is 0 Å². The van der Waals surface area contributed by atoms with E-state index < -0.39 is 0 Å². The smallest absolute Gasteiger partial charge is 0.224 e. The van der Waals surface area contributed by atoms with Gasteiger partial charge in [-0.05, 0) is 31.5 Å². The number of hydrogen-bond acceptors (Lipinski definition) is 2. The summed E-state index contributed by atoms with van der Waals surface area (Å²) < 4.78 is 0. The van der Waals surface area contributed by atoms with Crippen LogP contribution in [0.5, 0.6) is 0 Å².